The largest absolute Gasteiger partial charge is 0.462 e. The molecule has 462 valence electrons. The van der Waals surface area contributed by atoms with Crippen molar-refractivity contribution in [3.63, 3.8) is 0 Å². The summed E-state index contributed by atoms with van der Waals surface area (Å²) in [7, 11) is 0. The van der Waals surface area contributed by atoms with Gasteiger partial charge in [0, 0.05) is 19.3 Å². The van der Waals surface area contributed by atoms with Crippen molar-refractivity contribution >= 4 is 17.9 Å². The molecule has 0 amide bonds. The van der Waals surface area contributed by atoms with Gasteiger partial charge in [-0.05, 0) is 135 Å². The van der Waals surface area contributed by atoms with Crippen LogP contribution in [0.3, 0.4) is 0 Å². The van der Waals surface area contributed by atoms with Crippen LogP contribution in [0.1, 0.15) is 316 Å². The molecule has 0 aromatic rings. The minimum Gasteiger partial charge on any atom is -0.462 e. The predicted octanol–water partition coefficient (Wildman–Crippen LogP) is 23.6. The summed E-state index contributed by atoms with van der Waals surface area (Å²) in [5.41, 5.74) is 0. The van der Waals surface area contributed by atoms with E-state index >= 15 is 0 Å². The van der Waals surface area contributed by atoms with Gasteiger partial charge in [0.2, 0.25) is 0 Å². The third kappa shape index (κ3) is 66.5. The average molecular weight is 1120 g/mol. The van der Waals surface area contributed by atoms with Gasteiger partial charge in [0.1, 0.15) is 13.2 Å². The van der Waals surface area contributed by atoms with E-state index in [0.29, 0.717) is 19.3 Å². The highest BCUT2D eigenvalue weighted by atomic mass is 16.6. The second-order valence-electron chi connectivity index (χ2n) is 22.3. The third-order valence-electron chi connectivity index (χ3n) is 14.4. The summed E-state index contributed by atoms with van der Waals surface area (Å²) >= 11 is 0. The van der Waals surface area contributed by atoms with Gasteiger partial charge >= 0.3 is 17.9 Å². The van der Waals surface area contributed by atoms with Crippen LogP contribution in [-0.4, -0.2) is 37.2 Å². The first-order valence-corrected chi connectivity index (χ1v) is 34.0. The number of carbonyl (C=O) groups is 3. The van der Waals surface area contributed by atoms with Gasteiger partial charge in [-0.2, -0.15) is 0 Å². The molecule has 0 aromatic carbocycles. The van der Waals surface area contributed by atoms with E-state index in [1.54, 1.807) is 0 Å². The maximum atomic E-state index is 12.9. The second kappa shape index (κ2) is 68.3. The molecule has 0 saturated heterocycles. The molecule has 0 saturated carbocycles. The lowest BCUT2D eigenvalue weighted by atomic mass is 10.1. The maximum Gasteiger partial charge on any atom is 0.306 e. The zero-order chi connectivity index (χ0) is 58.5. The Morgan fingerprint density at radius 2 is 0.481 bits per heavy atom. The summed E-state index contributed by atoms with van der Waals surface area (Å²) in [6.45, 7) is 6.51. The van der Waals surface area contributed by atoms with E-state index in [4.69, 9.17) is 14.2 Å². The summed E-state index contributed by atoms with van der Waals surface area (Å²) in [6.07, 6.45) is 94.8. The molecule has 1 unspecified atom stereocenters. The summed E-state index contributed by atoms with van der Waals surface area (Å²) in [5.74, 6) is -0.916. The van der Waals surface area contributed by atoms with Crippen molar-refractivity contribution in [1.29, 1.82) is 0 Å². The number of hydrogen-bond donors (Lipinski definition) is 0. The van der Waals surface area contributed by atoms with Crippen molar-refractivity contribution in [2.45, 2.75) is 322 Å². The minimum atomic E-state index is -0.799. The number of ether oxygens (including phenoxy) is 3. The highest BCUT2D eigenvalue weighted by Gasteiger charge is 2.19. The topological polar surface area (TPSA) is 78.9 Å². The normalized spacial score (nSPS) is 12.9. The van der Waals surface area contributed by atoms with Crippen molar-refractivity contribution in [3.8, 4) is 0 Å². The van der Waals surface area contributed by atoms with Gasteiger partial charge in [-0.1, -0.05) is 284 Å². The quantitative estimate of drug-likeness (QED) is 0.0261. The number of hydrogen-bond acceptors (Lipinski definition) is 6. The first-order valence-electron chi connectivity index (χ1n) is 34.0. The molecule has 0 N–H and O–H groups in total. The Morgan fingerprint density at radius 3 is 0.765 bits per heavy atom. The fourth-order valence-electron chi connectivity index (χ4n) is 9.33. The van der Waals surface area contributed by atoms with Crippen LogP contribution in [0.15, 0.2) is 122 Å². The van der Waals surface area contributed by atoms with Crippen molar-refractivity contribution in [2.75, 3.05) is 13.2 Å². The molecule has 0 aromatic heterocycles. The molecule has 0 bridgehead atoms. The fraction of sp³-hybridized carbons (Fsp3) is 0.693. The molecule has 0 radical (unpaired) electrons. The molecule has 0 fully saturated rings. The molecule has 6 nitrogen and oxygen atoms in total. The number of rotatable bonds is 61. The smallest absolute Gasteiger partial charge is 0.306 e. The van der Waals surface area contributed by atoms with Crippen LogP contribution < -0.4 is 0 Å². The number of esters is 3. The van der Waals surface area contributed by atoms with Gasteiger partial charge in [-0.3, -0.25) is 14.4 Å². The summed E-state index contributed by atoms with van der Waals surface area (Å²) in [4.78, 5) is 38.4. The number of carbonyl (C=O) groups excluding carboxylic acids is 3. The molecule has 81 heavy (non-hydrogen) atoms. The van der Waals surface area contributed by atoms with E-state index in [2.05, 4.69) is 142 Å². The van der Waals surface area contributed by atoms with Crippen LogP contribution in [0, 0.1) is 0 Å². The minimum absolute atomic E-state index is 0.0920. The Hall–Kier alpha value is -4.19. The first-order chi connectivity index (χ1) is 40.0. The van der Waals surface area contributed by atoms with E-state index in [-0.39, 0.29) is 31.1 Å². The molecule has 0 rings (SSSR count). The standard InChI is InChI=1S/C75H126O6/c1-4-7-10-13-16-19-22-25-28-31-33-35-36-37-38-40-41-44-47-50-53-56-59-62-65-68-74(77)80-71-72(70-79-73(76)67-64-61-58-55-52-49-46-43-30-27-24-21-18-15-12-9-6-3)81-75(78)69-66-63-60-57-54-51-48-45-42-39-34-32-29-26-23-20-17-14-11-8-5-2/h7,10,16,19,23,25-28,30,32-35,37-38,41-42,44-45,72H,4-6,8-9,11-15,17-18,20-22,24,29,31,36,39-40,43,46-71H2,1-3H3/b10-7-,19-16-,26-23-,28-25-,30-27-,34-32-,35-33-,38-37-,44-41-,45-42-. The molecule has 0 heterocycles. The zero-order valence-corrected chi connectivity index (χ0v) is 53.0. The predicted molar refractivity (Wildman–Crippen MR) is 353 cm³/mol. The van der Waals surface area contributed by atoms with Gasteiger partial charge in [0.25, 0.3) is 0 Å². The van der Waals surface area contributed by atoms with Crippen LogP contribution in [-0.2, 0) is 28.6 Å². The van der Waals surface area contributed by atoms with Crippen LogP contribution in [0.4, 0.5) is 0 Å². The molecular formula is C75H126O6. The van der Waals surface area contributed by atoms with E-state index in [1.165, 1.54) is 141 Å². The fourth-order valence-corrected chi connectivity index (χ4v) is 9.33. The Kier molecular flexibility index (Phi) is 64.8. The zero-order valence-electron chi connectivity index (χ0n) is 53.0. The summed E-state index contributed by atoms with van der Waals surface area (Å²) in [6, 6.07) is 0. The van der Waals surface area contributed by atoms with Crippen molar-refractivity contribution < 1.29 is 28.6 Å². The molecule has 6 heteroatoms. The Bertz CT molecular complexity index is 1670. The van der Waals surface area contributed by atoms with Crippen molar-refractivity contribution in [1.82, 2.24) is 0 Å². The Morgan fingerprint density at radius 1 is 0.259 bits per heavy atom. The highest BCUT2D eigenvalue weighted by molar-refractivity contribution is 5.71. The maximum absolute atomic E-state index is 12.9. The molecule has 1 atom stereocenters. The molecule has 0 aliphatic carbocycles. The Balaban J connectivity index is 4.45. The van der Waals surface area contributed by atoms with E-state index in [1.807, 2.05) is 0 Å². The van der Waals surface area contributed by atoms with Crippen molar-refractivity contribution in [3.05, 3.63) is 122 Å². The lowest BCUT2D eigenvalue weighted by Gasteiger charge is -2.18. The second-order valence-corrected chi connectivity index (χ2v) is 22.3. The van der Waals surface area contributed by atoms with E-state index in [0.717, 1.165) is 135 Å². The molecule has 0 aliphatic heterocycles. The first kappa shape index (κ1) is 76.8. The summed E-state index contributed by atoms with van der Waals surface area (Å²) < 4.78 is 17.0. The van der Waals surface area contributed by atoms with Crippen LogP contribution in [0.2, 0.25) is 0 Å². The summed E-state index contributed by atoms with van der Waals surface area (Å²) in [5, 5.41) is 0. The lowest BCUT2D eigenvalue weighted by molar-refractivity contribution is -0.167. The van der Waals surface area contributed by atoms with Crippen LogP contribution in [0.5, 0.6) is 0 Å². The number of allylic oxidation sites excluding steroid dienone is 20. The number of unbranched alkanes of at least 4 members (excludes halogenated alkanes) is 30. The lowest BCUT2D eigenvalue weighted by Crippen LogP contribution is -2.30. The van der Waals surface area contributed by atoms with Crippen LogP contribution in [0.25, 0.3) is 0 Å². The van der Waals surface area contributed by atoms with Gasteiger partial charge in [-0.25, -0.2) is 0 Å². The molecular weight excluding hydrogens is 997 g/mol. The molecule has 0 aliphatic rings. The van der Waals surface area contributed by atoms with Crippen LogP contribution >= 0.6 is 0 Å². The highest BCUT2D eigenvalue weighted by Crippen LogP contribution is 2.15. The van der Waals surface area contributed by atoms with Gasteiger partial charge in [0.15, 0.2) is 6.10 Å². The third-order valence-corrected chi connectivity index (χ3v) is 14.4. The van der Waals surface area contributed by atoms with Gasteiger partial charge < -0.3 is 14.2 Å². The molecule has 0 spiro atoms. The SMILES string of the molecule is CC/C=C\C/C=C\C/C=C\C/C=C\C/C=C\C/C=C\CCCCCCCCC(=O)OCC(COC(=O)CCCCCCCCC/C=C\CCCCCCCC)OC(=O)CCCCCCCC/C=C\C/C=C\C/C=C\CCCCCCC. The average Bonchev–Trinajstić information content (AvgIpc) is 3.47. The van der Waals surface area contributed by atoms with Gasteiger partial charge in [-0.15, -0.1) is 0 Å². The van der Waals surface area contributed by atoms with Gasteiger partial charge in [0.05, 0.1) is 0 Å². The Labute approximate surface area is 501 Å². The van der Waals surface area contributed by atoms with E-state index in [9.17, 15) is 14.4 Å². The van der Waals surface area contributed by atoms with Crippen molar-refractivity contribution in [2.24, 2.45) is 0 Å². The van der Waals surface area contributed by atoms with E-state index < -0.39 is 6.10 Å². The monoisotopic (exact) mass is 1120 g/mol.